The fourth-order valence-corrected chi connectivity index (χ4v) is 7.82. The summed E-state index contributed by atoms with van der Waals surface area (Å²) in [5, 5.41) is 21.5. The zero-order chi connectivity index (χ0) is 34.8. The molecule has 0 bridgehead atoms. The molecular formula is C39H51N5O5. The van der Waals surface area contributed by atoms with E-state index in [0.717, 1.165) is 49.5 Å². The molecule has 4 amide bonds. The van der Waals surface area contributed by atoms with Crippen LogP contribution in [0.15, 0.2) is 66.7 Å². The summed E-state index contributed by atoms with van der Waals surface area (Å²) in [5.74, 6) is -1.11. The van der Waals surface area contributed by atoms with E-state index in [1.807, 2.05) is 48.5 Å². The van der Waals surface area contributed by atoms with Gasteiger partial charge in [0.25, 0.3) is 5.91 Å². The largest absolute Gasteiger partial charge is 0.391 e. The van der Waals surface area contributed by atoms with Gasteiger partial charge in [-0.05, 0) is 67.6 Å². The third-order valence-electron chi connectivity index (χ3n) is 10.5. The van der Waals surface area contributed by atoms with E-state index < -0.39 is 42.3 Å². The van der Waals surface area contributed by atoms with Gasteiger partial charge in [0.1, 0.15) is 11.7 Å². The summed E-state index contributed by atoms with van der Waals surface area (Å²) in [6, 6.07) is 18.2. The molecule has 1 heterocycles. The number of aromatic nitrogens is 1. The zero-order valence-corrected chi connectivity index (χ0v) is 28.5. The molecule has 2 aliphatic rings. The molecular weight excluding hydrogens is 618 g/mol. The minimum atomic E-state index is -1.28. The highest BCUT2D eigenvalue weighted by molar-refractivity contribution is 5.99. The van der Waals surface area contributed by atoms with Crippen molar-refractivity contribution in [2.24, 2.45) is 29.4 Å². The average molecular weight is 670 g/mol. The number of para-hydroxylation sites is 1. The first-order valence-corrected chi connectivity index (χ1v) is 18.0. The van der Waals surface area contributed by atoms with E-state index in [4.69, 9.17) is 5.73 Å². The number of carbonyl (C=O) groups excluding carboxylic acids is 4. The Morgan fingerprint density at radius 2 is 1.63 bits per heavy atom. The lowest BCUT2D eigenvalue weighted by Gasteiger charge is -2.44. The van der Waals surface area contributed by atoms with Gasteiger partial charge in [-0.15, -0.1) is 0 Å². The number of fused-ring (bicyclic) bond motifs is 2. The SMILES string of the molecule is CCCCNC(=O)C1CC2CCCCC2CC1CC(O)C(Cc1ccccc1)NC(=O)C(CC(N)=O)NC(=O)c1ccc2ccccc2n1. The van der Waals surface area contributed by atoms with Crippen LogP contribution in [-0.4, -0.2) is 58.5 Å². The van der Waals surface area contributed by atoms with E-state index in [0.29, 0.717) is 36.7 Å². The fraction of sp³-hybridized carbons (Fsp3) is 0.513. The highest BCUT2D eigenvalue weighted by atomic mass is 16.3. The van der Waals surface area contributed by atoms with E-state index in [1.54, 1.807) is 18.2 Å². The molecule has 2 aliphatic carbocycles. The fourth-order valence-electron chi connectivity index (χ4n) is 7.82. The topological polar surface area (TPSA) is 164 Å². The molecule has 2 fully saturated rings. The summed E-state index contributed by atoms with van der Waals surface area (Å²) in [6.45, 7) is 2.74. The van der Waals surface area contributed by atoms with Gasteiger partial charge in [0.15, 0.2) is 0 Å². The van der Waals surface area contributed by atoms with Crippen molar-refractivity contribution in [1.29, 1.82) is 0 Å². The van der Waals surface area contributed by atoms with Gasteiger partial charge in [-0.2, -0.15) is 0 Å². The summed E-state index contributed by atoms with van der Waals surface area (Å²) in [4.78, 5) is 57.1. The maximum absolute atomic E-state index is 13.8. The number of carbonyl (C=O) groups is 4. The number of pyridine rings is 1. The second-order valence-corrected chi connectivity index (χ2v) is 14.0. The molecule has 0 aliphatic heterocycles. The minimum Gasteiger partial charge on any atom is -0.391 e. The average Bonchev–Trinajstić information content (AvgIpc) is 3.10. The third-order valence-corrected chi connectivity index (χ3v) is 10.5. The molecule has 3 aromatic rings. The number of nitrogens with zero attached hydrogens (tertiary/aromatic N) is 1. The summed E-state index contributed by atoms with van der Waals surface area (Å²) in [7, 11) is 0. The van der Waals surface area contributed by atoms with Crippen molar-refractivity contribution >= 4 is 34.5 Å². The molecule has 6 N–H and O–H groups in total. The van der Waals surface area contributed by atoms with Crippen LogP contribution in [0.1, 0.15) is 87.2 Å². The summed E-state index contributed by atoms with van der Waals surface area (Å²) >= 11 is 0. The molecule has 0 saturated heterocycles. The van der Waals surface area contributed by atoms with Crippen LogP contribution in [0.4, 0.5) is 0 Å². The Morgan fingerprint density at radius 1 is 0.918 bits per heavy atom. The lowest BCUT2D eigenvalue weighted by atomic mass is 9.62. The molecule has 7 atom stereocenters. The maximum Gasteiger partial charge on any atom is 0.270 e. The second-order valence-electron chi connectivity index (χ2n) is 14.0. The van der Waals surface area contributed by atoms with E-state index in [-0.39, 0.29) is 23.4 Å². The predicted octanol–water partition coefficient (Wildman–Crippen LogP) is 4.44. The number of hydrogen-bond donors (Lipinski definition) is 5. The standard InChI is InChI=1S/C39H51N5O5/c1-2-3-19-41-37(47)30-22-28-15-8-7-14-27(28)21-29(30)23-35(45)33(20-25-11-5-4-6-12-25)43-39(49)34(24-36(40)46)44-38(48)32-18-17-26-13-9-10-16-31(26)42-32/h4-6,9-13,16-18,27-30,33-35,45H,2-3,7-8,14-15,19-24H2,1H3,(H2,40,46)(H,41,47)(H,43,49)(H,44,48). The highest BCUT2D eigenvalue weighted by Crippen LogP contribution is 2.47. The van der Waals surface area contributed by atoms with Gasteiger partial charge in [-0.1, -0.05) is 93.6 Å². The maximum atomic E-state index is 13.8. The van der Waals surface area contributed by atoms with Crippen LogP contribution >= 0.6 is 0 Å². The molecule has 7 unspecified atom stereocenters. The van der Waals surface area contributed by atoms with E-state index in [2.05, 4.69) is 27.9 Å². The first-order chi connectivity index (χ1) is 23.7. The Labute approximate surface area is 289 Å². The number of benzene rings is 2. The van der Waals surface area contributed by atoms with Crippen LogP contribution in [0, 0.1) is 23.7 Å². The van der Waals surface area contributed by atoms with Crippen molar-refractivity contribution in [3.05, 3.63) is 78.0 Å². The molecule has 0 radical (unpaired) electrons. The van der Waals surface area contributed by atoms with E-state index >= 15 is 0 Å². The van der Waals surface area contributed by atoms with Gasteiger partial charge in [-0.25, -0.2) is 4.98 Å². The first-order valence-electron chi connectivity index (χ1n) is 18.0. The predicted molar refractivity (Wildman–Crippen MR) is 189 cm³/mol. The Kier molecular flexibility index (Phi) is 12.8. The zero-order valence-electron chi connectivity index (χ0n) is 28.5. The Morgan fingerprint density at radius 3 is 2.37 bits per heavy atom. The normalized spacial score (nSPS) is 22.2. The molecule has 2 saturated carbocycles. The quantitative estimate of drug-likeness (QED) is 0.150. The van der Waals surface area contributed by atoms with Crippen molar-refractivity contribution in [1.82, 2.24) is 20.9 Å². The van der Waals surface area contributed by atoms with Gasteiger partial charge < -0.3 is 26.8 Å². The Balaban J connectivity index is 1.34. The van der Waals surface area contributed by atoms with Crippen molar-refractivity contribution in [2.45, 2.75) is 95.7 Å². The van der Waals surface area contributed by atoms with Crippen molar-refractivity contribution < 1.29 is 24.3 Å². The second kappa shape index (κ2) is 17.4. The van der Waals surface area contributed by atoms with E-state index in [1.165, 1.54) is 12.8 Å². The molecule has 49 heavy (non-hydrogen) atoms. The van der Waals surface area contributed by atoms with Gasteiger partial charge >= 0.3 is 0 Å². The van der Waals surface area contributed by atoms with Gasteiger partial charge in [0.05, 0.1) is 24.1 Å². The van der Waals surface area contributed by atoms with Crippen LogP contribution in [0.5, 0.6) is 0 Å². The lowest BCUT2D eigenvalue weighted by molar-refractivity contribution is -0.131. The number of nitrogens with one attached hydrogen (secondary N) is 3. The number of amides is 4. The van der Waals surface area contributed by atoms with Crippen molar-refractivity contribution in [3.63, 3.8) is 0 Å². The van der Waals surface area contributed by atoms with Crippen LogP contribution in [-0.2, 0) is 20.8 Å². The number of rotatable bonds is 15. The highest BCUT2D eigenvalue weighted by Gasteiger charge is 2.42. The van der Waals surface area contributed by atoms with Gasteiger partial charge in [-0.3, -0.25) is 19.2 Å². The van der Waals surface area contributed by atoms with Crippen LogP contribution < -0.4 is 21.7 Å². The third kappa shape index (κ3) is 9.88. The van der Waals surface area contributed by atoms with E-state index in [9.17, 15) is 24.3 Å². The Hall–Kier alpha value is -4.31. The van der Waals surface area contributed by atoms with Crippen LogP contribution in [0.3, 0.4) is 0 Å². The van der Waals surface area contributed by atoms with Crippen LogP contribution in [0.2, 0.25) is 0 Å². The molecule has 1 aromatic heterocycles. The Bertz CT molecular complexity index is 1580. The number of primary amides is 1. The summed E-state index contributed by atoms with van der Waals surface area (Å²) < 4.78 is 0. The molecule has 0 spiro atoms. The molecule has 5 rings (SSSR count). The number of nitrogens with two attached hydrogens (primary N) is 1. The summed E-state index contributed by atoms with van der Waals surface area (Å²) in [5.41, 5.74) is 7.16. The molecule has 10 nitrogen and oxygen atoms in total. The molecule has 10 heteroatoms. The first kappa shape index (κ1) is 36.0. The summed E-state index contributed by atoms with van der Waals surface area (Å²) in [6.07, 6.45) is 7.56. The number of aliphatic hydroxyl groups is 1. The monoisotopic (exact) mass is 669 g/mol. The lowest BCUT2D eigenvalue weighted by Crippen LogP contribution is -2.55. The van der Waals surface area contributed by atoms with Crippen molar-refractivity contribution in [2.75, 3.05) is 6.54 Å². The van der Waals surface area contributed by atoms with Crippen molar-refractivity contribution in [3.8, 4) is 0 Å². The minimum absolute atomic E-state index is 0.0359. The number of aliphatic hydroxyl groups excluding tert-OH is 1. The smallest absolute Gasteiger partial charge is 0.270 e. The number of hydrogen-bond acceptors (Lipinski definition) is 6. The van der Waals surface area contributed by atoms with Crippen LogP contribution in [0.25, 0.3) is 10.9 Å². The van der Waals surface area contributed by atoms with Gasteiger partial charge in [0.2, 0.25) is 17.7 Å². The molecule has 262 valence electrons. The number of unbranched alkanes of at least 4 members (excludes halogenated alkanes) is 1. The molecule has 2 aromatic carbocycles. The van der Waals surface area contributed by atoms with Gasteiger partial charge in [0, 0.05) is 17.8 Å².